The minimum atomic E-state index is -4.09. The van der Waals surface area contributed by atoms with Gasteiger partial charge in [0.2, 0.25) is 5.91 Å². The Morgan fingerprint density at radius 1 is 1.19 bits per heavy atom. The van der Waals surface area contributed by atoms with Crippen LogP contribution in [0.3, 0.4) is 0 Å². The molecule has 0 spiro atoms. The number of aromatic nitrogens is 1. The van der Waals surface area contributed by atoms with Crippen LogP contribution in [-0.4, -0.2) is 19.3 Å². The Balaban J connectivity index is 1.73. The first-order chi connectivity index (χ1) is 12.3. The molecule has 0 bridgehead atoms. The third-order valence-corrected chi connectivity index (χ3v) is 7.54. The molecular formula is C15H9Cl3N2O3S3. The third kappa shape index (κ3) is 4.39. The average molecular weight is 468 g/mol. The number of nitrogens with zero attached hydrogens (tertiary/aromatic N) is 1. The fourth-order valence-electron chi connectivity index (χ4n) is 2.06. The van der Waals surface area contributed by atoms with Crippen molar-refractivity contribution < 1.29 is 13.2 Å². The molecule has 0 aliphatic carbocycles. The highest BCUT2D eigenvalue weighted by Crippen LogP contribution is 2.34. The molecule has 1 aromatic carbocycles. The molecule has 0 aliphatic heterocycles. The minimum Gasteiger partial charge on any atom is -0.274 e. The number of amides is 1. The number of rotatable bonds is 5. The van der Waals surface area contributed by atoms with E-state index in [4.69, 9.17) is 34.8 Å². The lowest BCUT2D eigenvalue weighted by atomic mass is 10.2. The van der Waals surface area contributed by atoms with Crippen molar-refractivity contribution in [1.82, 2.24) is 9.71 Å². The molecule has 0 saturated heterocycles. The van der Waals surface area contributed by atoms with Crippen molar-refractivity contribution in [3.63, 3.8) is 0 Å². The van der Waals surface area contributed by atoms with Gasteiger partial charge in [0.1, 0.15) is 14.2 Å². The highest BCUT2D eigenvalue weighted by Gasteiger charge is 2.24. The van der Waals surface area contributed by atoms with Gasteiger partial charge in [0, 0.05) is 10.9 Å². The van der Waals surface area contributed by atoms with E-state index >= 15 is 0 Å². The maximum Gasteiger partial charge on any atom is 0.266 e. The second-order valence-electron chi connectivity index (χ2n) is 5.02. The van der Waals surface area contributed by atoms with Crippen LogP contribution >= 0.6 is 57.5 Å². The van der Waals surface area contributed by atoms with Gasteiger partial charge in [-0.15, -0.1) is 22.7 Å². The van der Waals surface area contributed by atoms with Crippen molar-refractivity contribution in [3.8, 4) is 10.6 Å². The van der Waals surface area contributed by atoms with E-state index in [0.29, 0.717) is 15.7 Å². The number of carbonyl (C=O) groups is 1. The number of benzene rings is 1. The van der Waals surface area contributed by atoms with Gasteiger partial charge in [0.25, 0.3) is 10.0 Å². The fourth-order valence-corrected chi connectivity index (χ4v) is 6.33. The molecule has 1 N–H and O–H groups in total. The van der Waals surface area contributed by atoms with E-state index in [1.54, 1.807) is 17.5 Å². The largest absolute Gasteiger partial charge is 0.274 e. The number of hydrogen-bond acceptors (Lipinski definition) is 6. The van der Waals surface area contributed by atoms with Crippen molar-refractivity contribution in [2.45, 2.75) is 11.3 Å². The molecule has 0 saturated carbocycles. The zero-order chi connectivity index (χ0) is 18.9. The maximum atomic E-state index is 12.2. The van der Waals surface area contributed by atoms with Crippen LogP contribution in [0, 0.1) is 0 Å². The second kappa shape index (κ2) is 7.84. The molecule has 0 fully saturated rings. The summed E-state index contributed by atoms with van der Waals surface area (Å²) < 4.78 is 26.6. The first-order valence-electron chi connectivity index (χ1n) is 6.96. The summed E-state index contributed by atoms with van der Waals surface area (Å²) in [6, 6.07) is 8.39. The van der Waals surface area contributed by atoms with Crippen molar-refractivity contribution in [2.24, 2.45) is 0 Å². The summed E-state index contributed by atoms with van der Waals surface area (Å²) in [7, 11) is -4.09. The summed E-state index contributed by atoms with van der Waals surface area (Å²) in [5.74, 6) is -0.723. The van der Waals surface area contributed by atoms with E-state index in [9.17, 15) is 13.2 Å². The smallest absolute Gasteiger partial charge is 0.266 e. The standard InChI is InChI=1S/C15H9Cl3N2O3S3/c16-10-4-2-1-3-9(10)15-19-8(7-24-15)5-13(21)20-26(22,23)11-6-12(17)25-14(11)18/h1-4,6-7H,5H2,(H,20,21). The van der Waals surface area contributed by atoms with Crippen LogP contribution in [0.1, 0.15) is 5.69 Å². The van der Waals surface area contributed by atoms with Gasteiger partial charge in [-0.25, -0.2) is 18.1 Å². The monoisotopic (exact) mass is 466 g/mol. The Bertz CT molecular complexity index is 1080. The van der Waals surface area contributed by atoms with Gasteiger partial charge in [0.05, 0.1) is 21.5 Å². The zero-order valence-corrected chi connectivity index (χ0v) is 17.4. The summed E-state index contributed by atoms with van der Waals surface area (Å²) >= 11 is 19.9. The Hall–Kier alpha value is -1.16. The fraction of sp³-hybridized carbons (Fsp3) is 0.0667. The van der Waals surface area contributed by atoms with Crippen LogP contribution in [0.25, 0.3) is 10.6 Å². The van der Waals surface area contributed by atoms with Gasteiger partial charge >= 0.3 is 0 Å². The molecule has 2 heterocycles. The molecule has 26 heavy (non-hydrogen) atoms. The molecule has 0 aliphatic rings. The van der Waals surface area contributed by atoms with E-state index < -0.39 is 15.9 Å². The Morgan fingerprint density at radius 2 is 1.92 bits per heavy atom. The van der Waals surface area contributed by atoms with Gasteiger partial charge in [0.15, 0.2) is 0 Å². The van der Waals surface area contributed by atoms with E-state index in [2.05, 4.69) is 4.98 Å². The summed E-state index contributed by atoms with van der Waals surface area (Å²) in [5, 5.41) is 2.87. The molecule has 2 aromatic heterocycles. The lowest BCUT2D eigenvalue weighted by molar-refractivity contribution is -0.118. The quantitative estimate of drug-likeness (QED) is 0.580. The van der Waals surface area contributed by atoms with Crippen molar-refractivity contribution >= 4 is 73.4 Å². The molecule has 1 amide bonds. The Morgan fingerprint density at radius 3 is 2.58 bits per heavy atom. The number of halogens is 3. The van der Waals surface area contributed by atoms with Gasteiger partial charge in [-0.3, -0.25) is 4.79 Å². The van der Waals surface area contributed by atoms with Crippen LogP contribution in [0.2, 0.25) is 13.7 Å². The number of carbonyl (C=O) groups excluding carboxylic acids is 1. The number of thiazole rings is 1. The molecule has 0 unspecified atom stereocenters. The second-order valence-corrected chi connectivity index (χ2v) is 10.2. The molecule has 0 atom stereocenters. The highest BCUT2D eigenvalue weighted by atomic mass is 35.5. The topological polar surface area (TPSA) is 76.1 Å². The summed E-state index contributed by atoms with van der Waals surface area (Å²) in [6.07, 6.45) is -0.199. The van der Waals surface area contributed by atoms with Crippen molar-refractivity contribution in [2.75, 3.05) is 0 Å². The Kier molecular flexibility index (Phi) is 5.91. The maximum absolute atomic E-state index is 12.2. The van der Waals surface area contributed by atoms with E-state index in [0.717, 1.165) is 16.9 Å². The van der Waals surface area contributed by atoms with Crippen LogP contribution in [-0.2, 0) is 21.2 Å². The zero-order valence-electron chi connectivity index (χ0n) is 12.7. The van der Waals surface area contributed by atoms with E-state index in [1.807, 2.05) is 16.9 Å². The van der Waals surface area contributed by atoms with Gasteiger partial charge < -0.3 is 0 Å². The lowest BCUT2D eigenvalue weighted by Crippen LogP contribution is -2.31. The lowest BCUT2D eigenvalue weighted by Gasteiger charge is -2.04. The first kappa shape index (κ1) is 19.6. The third-order valence-electron chi connectivity index (χ3n) is 3.16. The average Bonchev–Trinajstić information content (AvgIpc) is 3.13. The molecule has 11 heteroatoms. The number of nitrogens with one attached hydrogen (secondary N) is 1. The SMILES string of the molecule is O=C(Cc1csc(-c2ccccc2Cl)n1)NS(=O)(=O)c1cc(Cl)sc1Cl. The molecule has 136 valence electrons. The minimum absolute atomic E-state index is 0.00929. The Labute approximate surface area is 172 Å². The predicted octanol–water partition coefficient (Wildman–Crippen LogP) is 4.88. The van der Waals surface area contributed by atoms with Crippen LogP contribution < -0.4 is 4.72 Å². The van der Waals surface area contributed by atoms with Crippen LogP contribution in [0.4, 0.5) is 0 Å². The van der Waals surface area contributed by atoms with Gasteiger partial charge in [-0.05, 0) is 12.1 Å². The highest BCUT2D eigenvalue weighted by molar-refractivity contribution is 7.90. The molecule has 3 aromatic rings. The number of sulfonamides is 1. The number of hydrogen-bond donors (Lipinski definition) is 1. The summed E-state index contributed by atoms with van der Waals surface area (Å²) in [4.78, 5) is 16.2. The van der Waals surface area contributed by atoms with Gasteiger partial charge in [-0.1, -0.05) is 53.0 Å². The number of thiophene rings is 1. The molecular weight excluding hydrogens is 459 g/mol. The van der Waals surface area contributed by atoms with Crippen LogP contribution in [0.15, 0.2) is 40.6 Å². The van der Waals surface area contributed by atoms with Crippen molar-refractivity contribution in [1.29, 1.82) is 0 Å². The van der Waals surface area contributed by atoms with E-state index in [1.165, 1.54) is 17.4 Å². The first-order valence-corrected chi connectivity index (χ1v) is 11.3. The molecule has 3 rings (SSSR count). The summed E-state index contributed by atoms with van der Waals surface area (Å²) in [6.45, 7) is 0. The van der Waals surface area contributed by atoms with Crippen molar-refractivity contribution in [3.05, 3.63) is 55.1 Å². The predicted molar refractivity (Wildman–Crippen MR) is 106 cm³/mol. The van der Waals surface area contributed by atoms with Crippen LogP contribution in [0.5, 0.6) is 0 Å². The van der Waals surface area contributed by atoms with E-state index in [-0.39, 0.29) is 20.0 Å². The molecule has 0 radical (unpaired) electrons. The molecule has 5 nitrogen and oxygen atoms in total. The normalized spacial score (nSPS) is 11.5. The summed E-state index contributed by atoms with van der Waals surface area (Å²) in [5.41, 5.74) is 1.19. The van der Waals surface area contributed by atoms with Gasteiger partial charge in [-0.2, -0.15) is 0 Å².